The van der Waals surface area contributed by atoms with Crippen molar-refractivity contribution >= 4 is 0 Å². The van der Waals surface area contributed by atoms with E-state index in [1.807, 2.05) is 55.4 Å². The largest absolute Gasteiger partial charge is 2.00 e. The number of rotatable bonds is 16. The van der Waals surface area contributed by atoms with Crippen LogP contribution in [0.15, 0.2) is 0 Å². The molecule has 12 N–H and O–H groups in total. The second-order valence-electron chi connectivity index (χ2n) is 18.7. The third-order valence-corrected chi connectivity index (χ3v) is 10.0. The molecule has 0 aromatic rings. The van der Waals surface area contributed by atoms with Crippen LogP contribution in [0, 0.1) is 41.0 Å². The van der Waals surface area contributed by atoms with E-state index < -0.39 is 41.0 Å². The summed E-state index contributed by atoms with van der Waals surface area (Å²) >= 11 is 0. The second kappa shape index (κ2) is 52.9. The van der Waals surface area contributed by atoms with Crippen LogP contribution >= 0.6 is 0 Å². The van der Waals surface area contributed by atoms with Crippen LogP contribution in [0.2, 0.25) is 0 Å². The molecule has 2 rings (SSSR count). The van der Waals surface area contributed by atoms with Gasteiger partial charge in [-0.05, 0) is 55.4 Å². The second-order valence-corrected chi connectivity index (χ2v) is 21.7. The van der Waals surface area contributed by atoms with Gasteiger partial charge in [0.2, 0.25) is 0 Å². The maximum atomic E-state index is 9.86. The molecule has 40 heteroatoms. The van der Waals surface area contributed by atoms with E-state index in [9.17, 15) is 40.9 Å². The molecule has 2 aliphatic heterocycles. The first-order valence-corrected chi connectivity index (χ1v) is 28.9. The van der Waals surface area contributed by atoms with Crippen LogP contribution in [0.25, 0.3) is 0 Å². The summed E-state index contributed by atoms with van der Waals surface area (Å²) in [6.45, 7) is 32.8. The molecule has 8 atom stereocenters. The van der Waals surface area contributed by atoms with Crippen molar-refractivity contribution in [3.8, 4) is 0 Å². The number of aliphatic hydroxyl groups excluding tert-OH is 8. The SMILES string of the molecule is C[C@H](O)CN1CCN(C[C@@H](C)O)CCN(C[C@@H](C)O)CCN(C[C@@H](C)O)CC1.C[C@H](O)CN1CCN(C[C@@H](C)O)CCN(C[C@@H](C)O)CCN(C[C@@H](C)O)CC1.O.O.[Co+2].[Co+2].[O-][Cl+3]([O-])([O-])[O-].[O-][Cl+3]([O-])([O-])[O-].[O-][Cl+3]([O-])([O-])[O-].[O-][Cl+3]([O-])([O-])[O-]. The van der Waals surface area contributed by atoms with Crippen molar-refractivity contribution in [3.05, 3.63) is 0 Å². The van der Waals surface area contributed by atoms with Crippen molar-refractivity contribution < 1.29 is 201 Å². The number of hydrogen-bond donors (Lipinski definition) is 8. The van der Waals surface area contributed by atoms with Crippen molar-refractivity contribution in [1.29, 1.82) is 0 Å². The number of β-amino-alcohol motifs (C(OH)–C–C–N with tert-alkyl or cyclic N) is 8. The van der Waals surface area contributed by atoms with Gasteiger partial charge in [-0.1, -0.05) is 0 Å². The zero-order valence-electron chi connectivity index (χ0n) is 46.5. The van der Waals surface area contributed by atoms with Gasteiger partial charge in [-0.2, -0.15) is 0 Å². The molecule has 80 heavy (non-hydrogen) atoms. The quantitative estimate of drug-likeness (QED) is 0.0711. The molecule has 0 aliphatic carbocycles. The van der Waals surface area contributed by atoms with Crippen LogP contribution in [-0.4, -0.2) is 297 Å². The fourth-order valence-corrected chi connectivity index (χ4v) is 7.61. The minimum absolute atomic E-state index is 0. The predicted molar refractivity (Wildman–Crippen MR) is 232 cm³/mol. The molecule has 2 fully saturated rings. The molecule has 0 amide bonds. The van der Waals surface area contributed by atoms with Gasteiger partial charge in [0.1, 0.15) is 0 Å². The van der Waals surface area contributed by atoms with Crippen molar-refractivity contribution in [1.82, 2.24) is 39.2 Å². The van der Waals surface area contributed by atoms with E-state index in [1.165, 1.54) is 0 Å². The molecular weight excluding hydrogens is 1270 g/mol. The summed E-state index contributed by atoms with van der Waals surface area (Å²) in [5.74, 6) is 0. The fraction of sp³-hybridized carbons (Fsp3) is 1.00. The van der Waals surface area contributed by atoms with Gasteiger partial charge in [-0.25, -0.2) is 74.5 Å². The van der Waals surface area contributed by atoms with E-state index in [-0.39, 0.29) is 93.3 Å². The van der Waals surface area contributed by atoms with Gasteiger partial charge in [0.05, 0.1) is 48.8 Å². The molecule has 0 spiro atoms. The number of aliphatic hydroxyl groups is 8. The summed E-state index contributed by atoms with van der Waals surface area (Å²) in [7, 11) is -19.8. The van der Waals surface area contributed by atoms with Crippen LogP contribution in [0.1, 0.15) is 55.4 Å². The zero-order chi connectivity index (χ0) is 60.2. The van der Waals surface area contributed by atoms with E-state index in [4.69, 9.17) is 74.5 Å². The van der Waals surface area contributed by atoms with Gasteiger partial charge in [-0.15, -0.1) is 41.0 Å². The minimum Gasteiger partial charge on any atom is -0.412 e. The van der Waals surface area contributed by atoms with Crippen molar-refractivity contribution in [2.75, 3.05) is 157 Å². The molecule has 2 aliphatic rings. The Labute approximate surface area is 499 Å². The molecule has 0 unspecified atom stereocenters. The molecule has 34 nitrogen and oxygen atoms in total. The van der Waals surface area contributed by atoms with Gasteiger partial charge in [0.15, 0.2) is 0 Å². The van der Waals surface area contributed by atoms with Crippen LogP contribution in [0.3, 0.4) is 0 Å². The molecule has 2 saturated heterocycles. The Kier molecular flexibility index (Phi) is 64.2. The molecule has 2 heterocycles. The van der Waals surface area contributed by atoms with E-state index in [1.54, 1.807) is 0 Å². The Bertz CT molecular complexity index is 1030. The molecular formula is C40H92Cl4Co2N8O26. The van der Waals surface area contributed by atoms with Gasteiger partial charge < -0.3 is 51.8 Å². The standard InChI is InChI=1S/2C20H44N4O4.4ClHO4.2Co.2H2O/c2*1-17(25)13-21-5-7-22(14-18(2)26)9-11-24(16-20(4)28)12-10-23(8-6-21)15-19(3)27;4*2-1(3,4)5;;;;/h2*17-20,25-28H,5-16H2,1-4H3;4*(H,2,3,4,5);;;2*1H2/q;;;;;;2*+2;;/p-4/t2*17-,18-,19-,20+;;;;;;;;/m11......../s1. The average molecular weight is 1360 g/mol. The van der Waals surface area contributed by atoms with Gasteiger partial charge >= 0.3 is 33.6 Å². The van der Waals surface area contributed by atoms with Gasteiger partial charge in [-0.3, -0.25) is 39.2 Å². The smallest absolute Gasteiger partial charge is 0.412 e. The van der Waals surface area contributed by atoms with E-state index in [0.717, 1.165) is 105 Å². The summed E-state index contributed by atoms with van der Waals surface area (Å²) in [6, 6.07) is 0. The topological polar surface area (TPSA) is 620 Å². The van der Waals surface area contributed by atoms with Gasteiger partial charge in [0, 0.05) is 157 Å². The third kappa shape index (κ3) is 90.0. The van der Waals surface area contributed by atoms with Crippen molar-refractivity contribution in [2.45, 2.75) is 104 Å². The maximum absolute atomic E-state index is 9.86. The number of nitrogens with zero attached hydrogens (tertiary/aromatic N) is 8. The van der Waals surface area contributed by atoms with Crippen molar-refractivity contribution in [3.63, 3.8) is 0 Å². The number of hydrogen-bond acceptors (Lipinski definition) is 32. The van der Waals surface area contributed by atoms with E-state index in [2.05, 4.69) is 39.2 Å². The third-order valence-electron chi connectivity index (χ3n) is 10.0. The van der Waals surface area contributed by atoms with Crippen LogP contribution in [0.5, 0.6) is 0 Å². The molecule has 2 radical (unpaired) electrons. The van der Waals surface area contributed by atoms with Crippen LogP contribution < -0.4 is 74.5 Å². The summed E-state index contributed by atoms with van der Waals surface area (Å²) < 4.78 is 136. The van der Waals surface area contributed by atoms with Crippen LogP contribution in [-0.2, 0) is 33.6 Å². The predicted octanol–water partition coefficient (Wildman–Crippen LogP) is -23.2. The summed E-state index contributed by atoms with van der Waals surface area (Å²) in [5.41, 5.74) is 0. The summed E-state index contributed by atoms with van der Waals surface area (Å²) in [5, 5.41) is 78.8. The normalized spacial score (nSPS) is 20.4. The molecule has 0 bridgehead atoms. The van der Waals surface area contributed by atoms with Crippen LogP contribution in [0.4, 0.5) is 0 Å². The summed E-state index contributed by atoms with van der Waals surface area (Å²) in [6.07, 6.45) is -3.08. The first kappa shape index (κ1) is 97.1. The van der Waals surface area contributed by atoms with E-state index >= 15 is 0 Å². The minimum atomic E-state index is -4.94. The molecule has 0 aromatic heterocycles. The van der Waals surface area contributed by atoms with E-state index in [0.29, 0.717) is 52.4 Å². The Hall–Kier alpha value is 0.813. The first-order chi connectivity index (χ1) is 34.3. The zero-order valence-corrected chi connectivity index (χ0v) is 51.6. The summed E-state index contributed by atoms with van der Waals surface area (Å²) in [4.78, 5) is 18.1. The monoisotopic (exact) mass is 1360 g/mol. The average Bonchev–Trinajstić information content (AvgIpc) is 3.16. The molecule has 494 valence electrons. The maximum Gasteiger partial charge on any atom is 2.00 e. The Balaban J connectivity index is -0.000000155. The molecule has 0 aromatic carbocycles. The Morgan fingerprint density at radius 3 is 0.312 bits per heavy atom. The first-order valence-electron chi connectivity index (χ1n) is 24.0. The number of halogens is 4. The fourth-order valence-electron chi connectivity index (χ4n) is 7.61. The Morgan fingerprint density at radius 1 is 0.225 bits per heavy atom. The van der Waals surface area contributed by atoms with Gasteiger partial charge in [0.25, 0.3) is 0 Å². The Morgan fingerprint density at radius 2 is 0.275 bits per heavy atom. The molecule has 0 saturated carbocycles. The van der Waals surface area contributed by atoms with Crippen molar-refractivity contribution in [2.24, 2.45) is 0 Å².